The highest BCUT2D eigenvalue weighted by atomic mass is 32.1. The van der Waals surface area contributed by atoms with Gasteiger partial charge in [-0.2, -0.15) is 0 Å². The number of nitrogens with zero attached hydrogens (tertiary/aromatic N) is 4. The summed E-state index contributed by atoms with van der Waals surface area (Å²) in [6, 6.07) is 6.60. The Morgan fingerprint density at radius 1 is 1.12 bits per heavy atom. The second-order valence-electron chi connectivity index (χ2n) is 7.12. The topological polar surface area (TPSA) is 110 Å². The third-order valence-electron chi connectivity index (χ3n) is 5.25. The first-order valence-electron chi connectivity index (χ1n) is 10.0. The summed E-state index contributed by atoms with van der Waals surface area (Å²) in [4.78, 5) is 32.1. The highest BCUT2D eigenvalue weighted by molar-refractivity contribution is 7.22. The Hall–Kier alpha value is -2.96. The first kappa shape index (κ1) is 22.2. The molecular weight excluding hydrogens is 454 g/mol. The van der Waals surface area contributed by atoms with Crippen molar-refractivity contribution in [2.75, 3.05) is 58.4 Å². The first-order valence-corrected chi connectivity index (χ1v) is 11.6. The van der Waals surface area contributed by atoms with E-state index < -0.39 is 4.92 Å². The molecule has 1 amide bonds. The van der Waals surface area contributed by atoms with Gasteiger partial charge in [0.25, 0.3) is 5.91 Å². The smallest absolute Gasteiger partial charge is 0.324 e. The van der Waals surface area contributed by atoms with Crippen molar-refractivity contribution in [2.45, 2.75) is 0 Å². The van der Waals surface area contributed by atoms with Gasteiger partial charge in [0.05, 0.1) is 24.0 Å². The number of thiazole rings is 1. The van der Waals surface area contributed by atoms with Gasteiger partial charge in [0, 0.05) is 45.3 Å². The number of methoxy groups -OCH3 is 2. The van der Waals surface area contributed by atoms with Crippen molar-refractivity contribution in [3.8, 4) is 11.5 Å². The van der Waals surface area contributed by atoms with Gasteiger partial charge in [-0.15, -0.1) is 0 Å². The highest BCUT2D eigenvalue weighted by Gasteiger charge is 2.22. The summed E-state index contributed by atoms with van der Waals surface area (Å²) < 4.78 is 11.9. The summed E-state index contributed by atoms with van der Waals surface area (Å²) in [7, 11) is 3.29. The quantitative estimate of drug-likeness (QED) is 0.390. The predicted octanol–water partition coefficient (Wildman–Crippen LogP) is 2.84. The van der Waals surface area contributed by atoms with Crippen molar-refractivity contribution in [2.24, 2.45) is 0 Å². The minimum Gasteiger partial charge on any atom is -0.495 e. The third-order valence-corrected chi connectivity index (χ3v) is 7.42. The fraction of sp³-hybridized carbons (Fsp3) is 0.400. The van der Waals surface area contributed by atoms with Crippen molar-refractivity contribution < 1.29 is 19.2 Å². The van der Waals surface area contributed by atoms with Crippen molar-refractivity contribution in [1.29, 1.82) is 0 Å². The number of thiophene rings is 1. The molecule has 0 atom stereocenters. The van der Waals surface area contributed by atoms with E-state index in [2.05, 4.69) is 15.1 Å². The number of fused-ring (bicyclic) bond motifs is 1. The zero-order valence-electron chi connectivity index (χ0n) is 17.7. The molecule has 1 aliphatic rings. The number of amides is 1. The van der Waals surface area contributed by atoms with E-state index in [9.17, 15) is 14.9 Å². The fourth-order valence-electron chi connectivity index (χ4n) is 3.53. The molecule has 1 saturated heterocycles. The lowest BCUT2D eigenvalue weighted by Gasteiger charge is -2.34. The van der Waals surface area contributed by atoms with Crippen LogP contribution in [0.3, 0.4) is 0 Å². The number of rotatable bonds is 8. The van der Waals surface area contributed by atoms with Gasteiger partial charge in [0.15, 0.2) is 5.13 Å². The number of nitro groups is 1. The van der Waals surface area contributed by atoms with E-state index in [1.807, 2.05) is 12.1 Å². The zero-order chi connectivity index (χ0) is 22.7. The maximum Gasteiger partial charge on any atom is 0.324 e. The molecule has 0 bridgehead atoms. The van der Waals surface area contributed by atoms with Gasteiger partial charge in [-0.05, 0) is 18.2 Å². The molecule has 0 aliphatic carbocycles. The van der Waals surface area contributed by atoms with Crippen molar-refractivity contribution in [3.05, 3.63) is 39.3 Å². The number of hydrogen-bond donors (Lipinski definition) is 1. The minimum absolute atomic E-state index is 0.0311. The molecule has 1 fully saturated rings. The van der Waals surface area contributed by atoms with E-state index in [1.54, 1.807) is 25.6 Å². The summed E-state index contributed by atoms with van der Waals surface area (Å²) in [6.07, 6.45) is 0. The maximum absolute atomic E-state index is 12.2. The molecule has 1 aliphatic heterocycles. The summed E-state index contributed by atoms with van der Waals surface area (Å²) in [5.41, 5.74) is 0.811. The lowest BCUT2D eigenvalue weighted by molar-refractivity contribution is -0.380. The van der Waals surface area contributed by atoms with Crippen LogP contribution in [-0.2, 0) is 0 Å². The molecule has 0 saturated carbocycles. The van der Waals surface area contributed by atoms with Crippen LogP contribution in [0.15, 0.2) is 24.3 Å². The normalized spacial score (nSPS) is 14.5. The van der Waals surface area contributed by atoms with Crippen LogP contribution < -0.4 is 19.7 Å². The van der Waals surface area contributed by atoms with Crippen LogP contribution in [0.2, 0.25) is 0 Å². The molecule has 4 rings (SSSR count). The molecule has 0 unspecified atom stereocenters. The van der Waals surface area contributed by atoms with E-state index in [0.29, 0.717) is 18.0 Å². The molecule has 1 aromatic carbocycles. The Morgan fingerprint density at radius 3 is 2.50 bits per heavy atom. The van der Waals surface area contributed by atoms with E-state index in [4.69, 9.17) is 14.5 Å². The average molecular weight is 478 g/mol. The molecule has 3 heterocycles. The Bertz CT molecular complexity index is 1080. The molecule has 3 aromatic rings. The number of aromatic nitrogens is 1. The van der Waals surface area contributed by atoms with Gasteiger partial charge in [-0.1, -0.05) is 22.7 Å². The van der Waals surface area contributed by atoms with Gasteiger partial charge in [-0.3, -0.25) is 19.8 Å². The van der Waals surface area contributed by atoms with Crippen LogP contribution in [0.5, 0.6) is 11.5 Å². The van der Waals surface area contributed by atoms with Crippen molar-refractivity contribution in [3.63, 3.8) is 0 Å². The number of carbonyl (C=O) groups excluding carboxylic acids is 1. The first-order chi connectivity index (χ1) is 15.5. The number of benzene rings is 1. The van der Waals surface area contributed by atoms with E-state index >= 15 is 0 Å². The molecule has 2 aromatic heterocycles. The predicted molar refractivity (Wildman–Crippen MR) is 125 cm³/mol. The standard InChI is InChI=1S/C20H23N5O5S2/c1-29-13-3-4-14(30-2)18-17(13)22-20(32-18)24-11-9-23(10-12-24)8-7-21-19(26)15-5-6-16(31-15)25(27)28/h3-6H,7-12H2,1-2H3,(H,21,26). The molecule has 1 N–H and O–H groups in total. The van der Waals surface area contributed by atoms with Gasteiger partial charge in [0.1, 0.15) is 21.7 Å². The Balaban J connectivity index is 1.29. The van der Waals surface area contributed by atoms with Crippen LogP contribution in [0.4, 0.5) is 10.1 Å². The third kappa shape index (κ3) is 4.61. The number of carbonyl (C=O) groups is 1. The molecular formula is C20H23N5O5S2. The second kappa shape index (κ2) is 9.67. The molecule has 12 heteroatoms. The van der Waals surface area contributed by atoms with Gasteiger partial charge in [0.2, 0.25) is 0 Å². The fourth-order valence-corrected chi connectivity index (χ4v) is 5.40. The highest BCUT2D eigenvalue weighted by Crippen LogP contribution is 2.40. The van der Waals surface area contributed by atoms with E-state index in [-0.39, 0.29) is 10.9 Å². The Labute approximate surface area is 192 Å². The lowest BCUT2D eigenvalue weighted by atomic mass is 10.3. The molecule has 0 radical (unpaired) electrons. The molecule has 10 nitrogen and oxygen atoms in total. The minimum atomic E-state index is -0.488. The monoisotopic (exact) mass is 477 g/mol. The molecule has 0 spiro atoms. The summed E-state index contributed by atoms with van der Waals surface area (Å²) in [6.45, 7) is 4.56. The van der Waals surface area contributed by atoms with Gasteiger partial charge in [-0.25, -0.2) is 4.98 Å². The van der Waals surface area contributed by atoms with Gasteiger partial charge < -0.3 is 19.7 Å². The molecule has 32 heavy (non-hydrogen) atoms. The molecule has 170 valence electrons. The average Bonchev–Trinajstić information content (AvgIpc) is 3.47. The van der Waals surface area contributed by atoms with E-state index in [0.717, 1.165) is 64.4 Å². The Kier molecular flexibility index (Phi) is 6.72. The second-order valence-corrected chi connectivity index (χ2v) is 9.16. The van der Waals surface area contributed by atoms with Crippen LogP contribution in [0.1, 0.15) is 9.67 Å². The SMILES string of the molecule is COc1ccc(OC)c2sc(N3CCN(CCNC(=O)c4ccc([N+](=O)[O-])s4)CC3)nc12. The van der Waals surface area contributed by atoms with Crippen LogP contribution in [0.25, 0.3) is 10.2 Å². The summed E-state index contributed by atoms with van der Waals surface area (Å²) in [5, 5.41) is 14.5. The summed E-state index contributed by atoms with van der Waals surface area (Å²) in [5.74, 6) is 1.24. The number of nitrogens with one attached hydrogen (secondary N) is 1. The Morgan fingerprint density at radius 2 is 1.84 bits per heavy atom. The number of ether oxygens (including phenoxy) is 2. The number of hydrogen-bond acceptors (Lipinski definition) is 10. The van der Waals surface area contributed by atoms with E-state index in [1.165, 1.54) is 12.1 Å². The summed E-state index contributed by atoms with van der Waals surface area (Å²) >= 11 is 2.48. The van der Waals surface area contributed by atoms with Crippen LogP contribution in [0, 0.1) is 10.1 Å². The number of anilines is 1. The number of piperazine rings is 1. The van der Waals surface area contributed by atoms with Crippen LogP contribution >= 0.6 is 22.7 Å². The van der Waals surface area contributed by atoms with Gasteiger partial charge >= 0.3 is 5.00 Å². The maximum atomic E-state index is 12.2. The lowest BCUT2D eigenvalue weighted by Crippen LogP contribution is -2.48. The van der Waals surface area contributed by atoms with Crippen molar-refractivity contribution in [1.82, 2.24) is 15.2 Å². The largest absolute Gasteiger partial charge is 0.495 e. The van der Waals surface area contributed by atoms with Crippen LogP contribution in [-0.4, -0.2) is 74.2 Å². The van der Waals surface area contributed by atoms with Crippen molar-refractivity contribution >= 4 is 48.9 Å². The zero-order valence-corrected chi connectivity index (χ0v) is 19.3.